The average Bonchev–Trinajstić information content (AvgIpc) is 3.33. The Morgan fingerprint density at radius 3 is 2.38 bits per heavy atom. The molecule has 6 heteroatoms. The average molecular weight is 350 g/mol. The smallest absolute Gasteiger partial charge is 0.268 e. The predicted octanol–water partition coefficient (Wildman–Crippen LogP) is 3.27. The fourth-order valence-corrected chi connectivity index (χ4v) is 2.25. The fraction of sp³-hybridized carbons (Fsp3) is 0.100. The number of amides is 2. The molecule has 0 radical (unpaired) electrons. The second kappa shape index (κ2) is 8.02. The molecule has 3 aromatic rings. The molecule has 2 heterocycles. The number of rotatable bonds is 6. The second-order valence-electron chi connectivity index (χ2n) is 5.66. The molecule has 2 amide bonds. The molecule has 0 spiro atoms. The molecule has 132 valence electrons. The van der Waals surface area contributed by atoms with Crippen LogP contribution in [-0.4, -0.2) is 11.8 Å². The first-order valence-corrected chi connectivity index (χ1v) is 8.05. The van der Waals surface area contributed by atoms with E-state index in [2.05, 4.69) is 10.6 Å². The minimum Gasteiger partial charge on any atom is -0.467 e. The first-order valence-electron chi connectivity index (χ1n) is 8.05. The van der Waals surface area contributed by atoms with Gasteiger partial charge in [-0.05, 0) is 43.3 Å². The van der Waals surface area contributed by atoms with Gasteiger partial charge in [0.2, 0.25) is 0 Å². The highest BCUT2D eigenvalue weighted by atomic mass is 16.3. The minimum absolute atomic E-state index is 0.0806. The molecule has 0 bridgehead atoms. The maximum Gasteiger partial charge on any atom is 0.268 e. The van der Waals surface area contributed by atoms with Crippen molar-refractivity contribution in [2.45, 2.75) is 13.5 Å². The Balaban J connectivity index is 1.75. The fourth-order valence-electron chi connectivity index (χ4n) is 2.25. The summed E-state index contributed by atoms with van der Waals surface area (Å²) >= 11 is 0. The number of benzene rings is 1. The summed E-state index contributed by atoms with van der Waals surface area (Å²) in [6, 6.07) is 14.0. The third kappa shape index (κ3) is 4.51. The van der Waals surface area contributed by atoms with Crippen LogP contribution in [0.3, 0.4) is 0 Å². The molecule has 0 fully saturated rings. The van der Waals surface area contributed by atoms with E-state index in [4.69, 9.17) is 8.83 Å². The lowest BCUT2D eigenvalue weighted by Crippen LogP contribution is -2.34. The molecule has 0 saturated carbocycles. The minimum atomic E-state index is -0.446. The first-order chi connectivity index (χ1) is 12.6. The van der Waals surface area contributed by atoms with E-state index in [-0.39, 0.29) is 18.1 Å². The number of aryl methyl sites for hydroxylation is 1. The van der Waals surface area contributed by atoms with Crippen molar-refractivity contribution in [3.8, 4) is 0 Å². The van der Waals surface area contributed by atoms with Gasteiger partial charge in [0.25, 0.3) is 11.8 Å². The molecule has 2 aromatic heterocycles. The van der Waals surface area contributed by atoms with Gasteiger partial charge < -0.3 is 19.5 Å². The van der Waals surface area contributed by atoms with Crippen LogP contribution in [0.5, 0.6) is 0 Å². The molecule has 2 N–H and O–H groups in total. The number of furan rings is 2. The van der Waals surface area contributed by atoms with E-state index in [1.165, 1.54) is 18.6 Å². The Kier molecular flexibility index (Phi) is 5.34. The Morgan fingerprint density at radius 2 is 1.73 bits per heavy atom. The Hall–Kier alpha value is -3.54. The van der Waals surface area contributed by atoms with E-state index in [0.29, 0.717) is 17.1 Å². The molecule has 0 unspecified atom stereocenters. The first kappa shape index (κ1) is 17.3. The van der Waals surface area contributed by atoms with E-state index in [0.717, 1.165) is 5.56 Å². The van der Waals surface area contributed by atoms with Gasteiger partial charge in [0.1, 0.15) is 17.2 Å². The van der Waals surface area contributed by atoms with Crippen molar-refractivity contribution in [2.75, 3.05) is 0 Å². The van der Waals surface area contributed by atoms with Gasteiger partial charge in [0.05, 0.1) is 19.1 Å². The maximum atomic E-state index is 12.5. The van der Waals surface area contributed by atoms with E-state index >= 15 is 0 Å². The third-order valence-corrected chi connectivity index (χ3v) is 3.64. The van der Waals surface area contributed by atoms with Gasteiger partial charge in [-0.25, -0.2) is 0 Å². The van der Waals surface area contributed by atoms with Gasteiger partial charge >= 0.3 is 0 Å². The monoisotopic (exact) mass is 350 g/mol. The van der Waals surface area contributed by atoms with Crippen LogP contribution in [0.15, 0.2) is 75.6 Å². The number of carbonyl (C=O) groups is 2. The Morgan fingerprint density at radius 1 is 1.00 bits per heavy atom. The van der Waals surface area contributed by atoms with Crippen LogP contribution in [-0.2, 0) is 11.3 Å². The van der Waals surface area contributed by atoms with Crippen LogP contribution in [0, 0.1) is 6.92 Å². The molecule has 3 rings (SSSR count). The molecular weight excluding hydrogens is 332 g/mol. The standard InChI is InChI=1S/C20H18N2O4/c1-14-6-8-15(9-7-14)19(23)22-18(12-16-4-2-10-25-16)20(24)21-13-17-5-3-11-26-17/h2-12H,13H2,1H3,(H,21,24)(H,22,23)/b18-12-. The highest BCUT2D eigenvalue weighted by molar-refractivity contribution is 6.05. The summed E-state index contributed by atoms with van der Waals surface area (Å²) in [4.78, 5) is 25.0. The zero-order valence-electron chi connectivity index (χ0n) is 14.2. The predicted molar refractivity (Wildman–Crippen MR) is 95.9 cm³/mol. The van der Waals surface area contributed by atoms with Gasteiger partial charge in [-0.2, -0.15) is 0 Å². The summed E-state index contributed by atoms with van der Waals surface area (Å²) in [6.07, 6.45) is 4.50. The van der Waals surface area contributed by atoms with E-state index in [1.807, 2.05) is 19.1 Å². The number of hydrogen-bond acceptors (Lipinski definition) is 4. The van der Waals surface area contributed by atoms with Crippen LogP contribution in [0.2, 0.25) is 0 Å². The summed E-state index contributed by atoms with van der Waals surface area (Å²) in [6.45, 7) is 2.15. The Labute approximate surface area is 150 Å². The summed E-state index contributed by atoms with van der Waals surface area (Å²) in [5.41, 5.74) is 1.58. The lowest BCUT2D eigenvalue weighted by molar-refractivity contribution is -0.118. The molecule has 0 aliphatic rings. The van der Waals surface area contributed by atoms with E-state index in [1.54, 1.807) is 36.4 Å². The molecule has 0 aliphatic heterocycles. The normalized spacial score (nSPS) is 11.2. The van der Waals surface area contributed by atoms with Gasteiger partial charge in [0.15, 0.2) is 0 Å². The van der Waals surface area contributed by atoms with Gasteiger partial charge in [0, 0.05) is 11.6 Å². The summed E-state index contributed by atoms with van der Waals surface area (Å²) in [5, 5.41) is 5.35. The molecule has 26 heavy (non-hydrogen) atoms. The molecule has 1 aromatic carbocycles. The zero-order valence-corrected chi connectivity index (χ0v) is 14.2. The molecule has 0 saturated heterocycles. The van der Waals surface area contributed by atoms with Crippen molar-refractivity contribution in [2.24, 2.45) is 0 Å². The van der Waals surface area contributed by atoms with Gasteiger partial charge in [-0.1, -0.05) is 17.7 Å². The maximum absolute atomic E-state index is 12.5. The molecule has 0 aliphatic carbocycles. The van der Waals surface area contributed by atoms with Crippen molar-refractivity contribution in [3.63, 3.8) is 0 Å². The van der Waals surface area contributed by atoms with Crippen molar-refractivity contribution in [1.29, 1.82) is 0 Å². The number of carbonyl (C=O) groups excluding carboxylic acids is 2. The van der Waals surface area contributed by atoms with Crippen molar-refractivity contribution < 1.29 is 18.4 Å². The summed E-state index contributed by atoms with van der Waals surface area (Å²) in [7, 11) is 0. The lowest BCUT2D eigenvalue weighted by Gasteiger charge is -2.10. The molecule has 6 nitrogen and oxygen atoms in total. The van der Waals surface area contributed by atoms with Gasteiger partial charge in [-0.3, -0.25) is 9.59 Å². The van der Waals surface area contributed by atoms with Crippen molar-refractivity contribution >= 4 is 17.9 Å². The lowest BCUT2D eigenvalue weighted by atomic mass is 10.1. The second-order valence-corrected chi connectivity index (χ2v) is 5.66. The largest absolute Gasteiger partial charge is 0.467 e. The van der Waals surface area contributed by atoms with Crippen LogP contribution >= 0.6 is 0 Å². The quantitative estimate of drug-likeness (QED) is 0.668. The van der Waals surface area contributed by atoms with E-state index in [9.17, 15) is 9.59 Å². The van der Waals surface area contributed by atoms with Crippen LogP contribution in [0.25, 0.3) is 6.08 Å². The van der Waals surface area contributed by atoms with Crippen LogP contribution < -0.4 is 10.6 Å². The van der Waals surface area contributed by atoms with Crippen molar-refractivity contribution in [3.05, 3.63) is 89.4 Å². The van der Waals surface area contributed by atoms with E-state index < -0.39 is 5.91 Å². The highest BCUT2D eigenvalue weighted by Gasteiger charge is 2.15. The third-order valence-electron chi connectivity index (χ3n) is 3.64. The summed E-state index contributed by atoms with van der Waals surface area (Å²) < 4.78 is 10.4. The van der Waals surface area contributed by atoms with Crippen molar-refractivity contribution in [1.82, 2.24) is 10.6 Å². The SMILES string of the molecule is Cc1ccc(C(=O)N/C(=C\c2ccco2)C(=O)NCc2ccco2)cc1. The zero-order chi connectivity index (χ0) is 18.4. The van der Waals surface area contributed by atoms with Gasteiger partial charge in [-0.15, -0.1) is 0 Å². The topological polar surface area (TPSA) is 84.5 Å². The highest BCUT2D eigenvalue weighted by Crippen LogP contribution is 2.09. The number of hydrogen-bond donors (Lipinski definition) is 2. The number of nitrogens with one attached hydrogen (secondary N) is 2. The Bertz CT molecular complexity index is 892. The van der Waals surface area contributed by atoms with Crippen LogP contribution in [0.1, 0.15) is 27.4 Å². The molecular formula is C20H18N2O4. The molecule has 0 atom stereocenters. The summed E-state index contributed by atoms with van der Waals surface area (Å²) in [5.74, 6) is 0.243. The van der Waals surface area contributed by atoms with Crippen LogP contribution in [0.4, 0.5) is 0 Å².